The van der Waals surface area contributed by atoms with Crippen LogP contribution in [0.3, 0.4) is 0 Å². The highest BCUT2D eigenvalue weighted by Gasteiger charge is 2.52. The summed E-state index contributed by atoms with van der Waals surface area (Å²) in [6.07, 6.45) is 2.23. The molecule has 2 heterocycles. The van der Waals surface area contributed by atoms with E-state index in [2.05, 4.69) is 0 Å². The zero-order valence-corrected chi connectivity index (χ0v) is 8.93. The van der Waals surface area contributed by atoms with Gasteiger partial charge in [0.05, 0.1) is 20.1 Å². The molecule has 5 nitrogen and oxygen atoms in total. The Morgan fingerprint density at radius 3 is 2.53 bits per heavy atom. The van der Waals surface area contributed by atoms with Crippen LogP contribution in [0.25, 0.3) is 0 Å². The molecule has 5 heteroatoms. The smallest absolute Gasteiger partial charge is 0.410 e. The lowest BCUT2D eigenvalue weighted by atomic mass is 9.89. The number of rotatable bonds is 1. The predicted molar refractivity (Wildman–Crippen MR) is 51.2 cm³/mol. The van der Waals surface area contributed by atoms with Crippen LogP contribution in [0.1, 0.15) is 19.3 Å². The number of amides is 1. The van der Waals surface area contributed by atoms with Gasteiger partial charge in [-0.1, -0.05) is 0 Å². The molecule has 2 fully saturated rings. The first-order valence-electron chi connectivity index (χ1n) is 5.13. The van der Waals surface area contributed by atoms with Gasteiger partial charge in [0.1, 0.15) is 0 Å². The van der Waals surface area contributed by atoms with Gasteiger partial charge in [0, 0.05) is 12.1 Å². The molecule has 3 atom stereocenters. The van der Waals surface area contributed by atoms with Gasteiger partial charge < -0.3 is 14.4 Å². The summed E-state index contributed by atoms with van der Waals surface area (Å²) in [7, 11) is 2.75. The number of nitrogens with zero attached hydrogens (tertiary/aromatic N) is 1. The van der Waals surface area contributed by atoms with Crippen LogP contribution in [0.15, 0.2) is 0 Å². The average molecular weight is 213 g/mol. The van der Waals surface area contributed by atoms with E-state index in [1.54, 1.807) is 4.90 Å². The maximum atomic E-state index is 11.5. The maximum Gasteiger partial charge on any atom is 0.410 e. The van der Waals surface area contributed by atoms with E-state index in [1.165, 1.54) is 14.2 Å². The second kappa shape index (κ2) is 3.72. The van der Waals surface area contributed by atoms with Crippen LogP contribution < -0.4 is 0 Å². The molecular weight excluding hydrogens is 198 g/mol. The number of carbonyl (C=O) groups is 2. The van der Waals surface area contributed by atoms with E-state index in [4.69, 9.17) is 9.47 Å². The fourth-order valence-corrected chi connectivity index (χ4v) is 2.78. The van der Waals surface area contributed by atoms with Gasteiger partial charge in [-0.3, -0.25) is 4.79 Å². The molecule has 2 rings (SSSR count). The van der Waals surface area contributed by atoms with E-state index in [1.807, 2.05) is 0 Å². The quantitative estimate of drug-likeness (QED) is 0.604. The molecule has 0 aromatic carbocycles. The molecule has 0 N–H and O–H groups in total. The van der Waals surface area contributed by atoms with Crippen molar-refractivity contribution in [2.24, 2.45) is 5.92 Å². The number of hydrogen-bond donors (Lipinski definition) is 0. The number of ether oxygens (including phenoxy) is 2. The average Bonchev–Trinajstić information content (AvgIpc) is 2.83. The molecular formula is C10H15NO4. The normalized spacial score (nSPS) is 32.9. The van der Waals surface area contributed by atoms with Crippen LogP contribution in [-0.2, 0) is 14.3 Å². The Bertz CT molecular complexity index is 291. The molecule has 2 bridgehead atoms. The van der Waals surface area contributed by atoms with Crippen molar-refractivity contribution < 1.29 is 19.1 Å². The van der Waals surface area contributed by atoms with Crippen molar-refractivity contribution in [2.75, 3.05) is 14.2 Å². The summed E-state index contributed by atoms with van der Waals surface area (Å²) >= 11 is 0. The molecule has 0 unspecified atom stereocenters. The van der Waals surface area contributed by atoms with Crippen molar-refractivity contribution in [3.8, 4) is 0 Å². The number of carbonyl (C=O) groups excluding carboxylic acids is 2. The van der Waals surface area contributed by atoms with E-state index < -0.39 is 0 Å². The summed E-state index contributed by atoms with van der Waals surface area (Å²) in [5, 5.41) is 0. The topological polar surface area (TPSA) is 55.8 Å². The molecule has 1 amide bonds. The highest BCUT2D eigenvalue weighted by Crippen LogP contribution is 2.42. The summed E-state index contributed by atoms with van der Waals surface area (Å²) in [6, 6.07) is 0.140. The van der Waals surface area contributed by atoms with Crippen molar-refractivity contribution >= 4 is 12.1 Å². The van der Waals surface area contributed by atoms with Crippen molar-refractivity contribution in [2.45, 2.75) is 31.3 Å². The van der Waals surface area contributed by atoms with Gasteiger partial charge in [0.25, 0.3) is 0 Å². The highest BCUT2D eigenvalue weighted by molar-refractivity contribution is 5.77. The molecule has 2 aliphatic heterocycles. The van der Waals surface area contributed by atoms with Gasteiger partial charge in [-0.25, -0.2) is 4.79 Å². The molecule has 0 aromatic rings. The Morgan fingerprint density at radius 2 is 1.93 bits per heavy atom. The summed E-state index contributed by atoms with van der Waals surface area (Å²) in [4.78, 5) is 24.6. The Balaban J connectivity index is 2.12. The molecule has 84 valence electrons. The minimum atomic E-state index is -0.325. The lowest BCUT2D eigenvalue weighted by Crippen LogP contribution is -2.37. The van der Waals surface area contributed by atoms with E-state index in [0.29, 0.717) is 6.42 Å². The van der Waals surface area contributed by atoms with Gasteiger partial charge in [-0.15, -0.1) is 0 Å². The molecule has 0 aromatic heterocycles. The third-order valence-electron chi connectivity index (χ3n) is 3.43. The van der Waals surface area contributed by atoms with Crippen LogP contribution in [0.5, 0.6) is 0 Å². The molecule has 0 saturated carbocycles. The Kier molecular flexibility index (Phi) is 2.54. The zero-order chi connectivity index (χ0) is 11.0. The van der Waals surface area contributed by atoms with Crippen molar-refractivity contribution in [3.05, 3.63) is 0 Å². The van der Waals surface area contributed by atoms with E-state index in [9.17, 15) is 9.59 Å². The van der Waals surface area contributed by atoms with Gasteiger partial charge in [-0.2, -0.15) is 0 Å². The van der Waals surface area contributed by atoms with Crippen LogP contribution in [-0.4, -0.2) is 43.3 Å². The lowest BCUT2D eigenvalue weighted by molar-refractivity contribution is -0.146. The van der Waals surface area contributed by atoms with Crippen LogP contribution >= 0.6 is 0 Å². The van der Waals surface area contributed by atoms with E-state index >= 15 is 0 Å². The third kappa shape index (κ3) is 1.46. The molecule has 0 aliphatic carbocycles. The largest absolute Gasteiger partial charge is 0.469 e. The minimum absolute atomic E-state index is 0.0186. The van der Waals surface area contributed by atoms with Crippen LogP contribution in [0, 0.1) is 5.92 Å². The molecule has 15 heavy (non-hydrogen) atoms. The summed E-state index contributed by atoms with van der Waals surface area (Å²) in [5.41, 5.74) is 0. The van der Waals surface area contributed by atoms with E-state index in [-0.39, 0.29) is 30.1 Å². The third-order valence-corrected chi connectivity index (χ3v) is 3.43. The molecule has 2 saturated heterocycles. The van der Waals surface area contributed by atoms with Crippen molar-refractivity contribution in [1.29, 1.82) is 0 Å². The summed E-state index contributed by atoms with van der Waals surface area (Å²) in [5.74, 6) is -0.371. The fraction of sp³-hybridized carbons (Fsp3) is 0.800. The molecule has 0 radical (unpaired) electrons. The van der Waals surface area contributed by atoms with Gasteiger partial charge in [0.2, 0.25) is 0 Å². The second-order valence-electron chi connectivity index (χ2n) is 4.04. The first-order valence-corrected chi connectivity index (χ1v) is 5.13. The Morgan fingerprint density at radius 1 is 1.20 bits per heavy atom. The first-order chi connectivity index (χ1) is 7.19. The number of fused-ring (bicyclic) bond motifs is 2. The van der Waals surface area contributed by atoms with E-state index in [0.717, 1.165) is 12.8 Å². The van der Waals surface area contributed by atoms with Gasteiger partial charge >= 0.3 is 12.1 Å². The first kappa shape index (κ1) is 10.3. The summed E-state index contributed by atoms with van der Waals surface area (Å²) < 4.78 is 9.44. The van der Waals surface area contributed by atoms with Crippen LogP contribution in [0.4, 0.5) is 4.79 Å². The van der Waals surface area contributed by atoms with Gasteiger partial charge in [-0.05, 0) is 19.3 Å². The maximum absolute atomic E-state index is 11.5. The zero-order valence-electron chi connectivity index (χ0n) is 8.93. The SMILES string of the molecule is COC(=O)[C@H]1C[C@H]2CC[C@@H]1N2C(=O)OC. The monoisotopic (exact) mass is 213 g/mol. The second-order valence-corrected chi connectivity index (χ2v) is 4.04. The molecule has 2 aliphatic rings. The number of methoxy groups -OCH3 is 2. The lowest BCUT2D eigenvalue weighted by Gasteiger charge is -2.21. The van der Waals surface area contributed by atoms with Crippen molar-refractivity contribution in [3.63, 3.8) is 0 Å². The minimum Gasteiger partial charge on any atom is -0.469 e. The summed E-state index contributed by atoms with van der Waals surface area (Å²) in [6.45, 7) is 0. The standard InChI is InChI=1S/C10H15NO4/c1-14-9(12)7-5-6-3-4-8(7)11(6)10(13)15-2/h6-8H,3-5H2,1-2H3/t6-,7+,8+/m1/s1. The Labute approximate surface area is 88.3 Å². The Hall–Kier alpha value is -1.26. The molecule has 0 spiro atoms. The van der Waals surface area contributed by atoms with Crippen LogP contribution in [0.2, 0.25) is 0 Å². The number of esters is 1. The highest BCUT2D eigenvalue weighted by atomic mass is 16.5. The number of hydrogen-bond acceptors (Lipinski definition) is 4. The fourth-order valence-electron chi connectivity index (χ4n) is 2.78. The van der Waals surface area contributed by atoms with Crippen molar-refractivity contribution in [1.82, 2.24) is 4.90 Å². The predicted octanol–water partition coefficient (Wildman–Crippen LogP) is 0.779. The van der Waals surface area contributed by atoms with Gasteiger partial charge in [0.15, 0.2) is 0 Å².